The normalized spacial score (nSPS) is 11.7. The summed E-state index contributed by atoms with van der Waals surface area (Å²) in [7, 11) is 0. The van der Waals surface area contributed by atoms with E-state index >= 15 is 0 Å². The molecule has 2 aromatic carbocycles. The number of hydrogen-bond donors (Lipinski definition) is 1. The van der Waals surface area contributed by atoms with Crippen LogP contribution in [0, 0.1) is 17.1 Å². The summed E-state index contributed by atoms with van der Waals surface area (Å²) in [5.74, 6) is 0.733. The molecule has 3 aromatic rings. The number of nitrogens with one attached hydrogen (secondary N) is 1. The Balaban J connectivity index is 1.78. The Morgan fingerprint density at radius 2 is 1.88 bits per heavy atom. The largest absolute Gasteiger partial charge is 0.419 e. The van der Waals surface area contributed by atoms with Crippen molar-refractivity contribution < 1.29 is 8.81 Å². The van der Waals surface area contributed by atoms with Gasteiger partial charge in [-0.2, -0.15) is 10.2 Å². The third-order valence-electron chi connectivity index (χ3n) is 4.24. The fourth-order valence-corrected chi connectivity index (χ4v) is 2.91. The highest BCUT2D eigenvalue weighted by molar-refractivity contribution is 5.58. The molecule has 0 bridgehead atoms. The first-order valence-corrected chi connectivity index (χ1v) is 8.67. The average molecular weight is 349 g/mol. The minimum absolute atomic E-state index is 0.192. The lowest BCUT2D eigenvalue weighted by molar-refractivity contribution is 0.570. The number of rotatable bonds is 7. The molecular formula is C21H20FN3O. The van der Waals surface area contributed by atoms with E-state index in [-0.39, 0.29) is 17.4 Å². The van der Waals surface area contributed by atoms with E-state index in [9.17, 15) is 9.65 Å². The Hall–Kier alpha value is -3.13. The number of nitrogens with zero attached hydrogens (tertiary/aromatic N) is 2. The van der Waals surface area contributed by atoms with Gasteiger partial charge < -0.3 is 9.73 Å². The molecule has 0 radical (unpaired) electrons. The second-order valence-corrected chi connectivity index (χ2v) is 6.09. The molecule has 132 valence electrons. The second kappa shape index (κ2) is 8.30. The van der Waals surface area contributed by atoms with Crippen molar-refractivity contribution in [2.24, 2.45) is 0 Å². The fraction of sp³-hybridized carbons (Fsp3) is 0.238. The average Bonchev–Trinajstić information content (AvgIpc) is 3.10. The van der Waals surface area contributed by atoms with Gasteiger partial charge in [-0.3, -0.25) is 0 Å². The number of anilines is 1. The molecule has 1 aromatic heterocycles. The van der Waals surface area contributed by atoms with Crippen LogP contribution in [0.25, 0.3) is 11.5 Å². The summed E-state index contributed by atoms with van der Waals surface area (Å²) < 4.78 is 18.9. The zero-order valence-electron chi connectivity index (χ0n) is 14.6. The van der Waals surface area contributed by atoms with Gasteiger partial charge in [-0.15, -0.1) is 0 Å². The van der Waals surface area contributed by atoms with E-state index in [0.29, 0.717) is 18.3 Å². The summed E-state index contributed by atoms with van der Waals surface area (Å²) in [6, 6.07) is 18.1. The smallest absolute Gasteiger partial charge is 0.232 e. The standard InChI is InChI=1S/C21H20FN3O/c1-2-6-17(15-9-11-18(22)12-10-15)14-24-21-19(13-23)25-20(26-21)16-7-4-3-5-8-16/h3-5,7-12,17,24H,2,6,14H2,1H3. The van der Waals surface area contributed by atoms with Crippen molar-refractivity contribution in [3.8, 4) is 17.5 Å². The molecule has 1 unspecified atom stereocenters. The summed E-state index contributed by atoms with van der Waals surface area (Å²) >= 11 is 0. The van der Waals surface area contributed by atoms with Crippen molar-refractivity contribution >= 4 is 5.88 Å². The van der Waals surface area contributed by atoms with E-state index in [1.54, 1.807) is 12.1 Å². The number of aromatic nitrogens is 1. The molecule has 0 spiro atoms. The van der Waals surface area contributed by atoms with Gasteiger partial charge in [0.25, 0.3) is 0 Å². The van der Waals surface area contributed by atoms with E-state index in [1.807, 2.05) is 30.3 Å². The van der Waals surface area contributed by atoms with Crippen LogP contribution >= 0.6 is 0 Å². The monoisotopic (exact) mass is 349 g/mol. The zero-order chi connectivity index (χ0) is 18.4. The molecule has 5 heteroatoms. The van der Waals surface area contributed by atoms with E-state index in [2.05, 4.69) is 23.3 Å². The van der Waals surface area contributed by atoms with E-state index in [0.717, 1.165) is 24.0 Å². The molecule has 1 heterocycles. The maximum Gasteiger partial charge on any atom is 0.232 e. The van der Waals surface area contributed by atoms with Gasteiger partial charge in [0.1, 0.15) is 11.9 Å². The zero-order valence-corrected chi connectivity index (χ0v) is 14.6. The quantitative estimate of drug-likeness (QED) is 0.625. The molecule has 0 aliphatic heterocycles. The third kappa shape index (κ3) is 4.09. The molecule has 3 rings (SSSR count). The van der Waals surface area contributed by atoms with Crippen LogP contribution in [0.15, 0.2) is 59.0 Å². The Kier molecular flexibility index (Phi) is 5.65. The van der Waals surface area contributed by atoms with Gasteiger partial charge in [-0.1, -0.05) is 43.7 Å². The Bertz CT molecular complexity index is 882. The van der Waals surface area contributed by atoms with Gasteiger partial charge >= 0.3 is 0 Å². The van der Waals surface area contributed by atoms with Gasteiger partial charge in [0.05, 0.1) is 0 Å². The molecule has 26 heavy (non-hydrogen) atoms. The van der Waals surface area contributed by atoms with Crippen LogP contribution in [-0.2, 0) is 0 Å². The van der Waals surface area contributed by atoms with Gasteiger partial charge in [-0.25, -0.2) is 4.39 Å². The van der Waals surface area contributed by atoms with Gasteiger partial charge in [0, 0.05) is 18.0 Å². The van der Waals surface area contributed by atoms with Crippen molar-refractivity contribution in [1.29, 1.82) is 5.26 Å². The van der Waals surface area contributed by atoms with Crippen LogP contribution in [0.1, 0.15) is 36.9 Å². The van der Waals surface area contributed by atoms with Crippen LogP contribution in [0.3, 0.4) is 0 Å². The van der Waals surface area contributed by atoms with E-state index in [4.69, 9.17) is 4.42 Å². The summed E-state index contributed by atoms with van der Waals surface area (Å²) in [4.78, 5) is 4.27. The third-order valence-corrected chi connectivity index (χ3v) is 4.24. The molecule has 0 aliphatic carbocycles. The number of benzene rings is 2. The Morgan fingerprint density at radius 3 is 2.54 bits per heavy atom. The minimum atomic E-state index is -0.244. The molecule has 1 atom stereocenters. The summed E-state index contributed by atoms with van der Waals surface area (Å²) in [6.07, 6.45) is 1.95. The van der Waals surface area contributed by atoms with Crippen molar-refractivity contribution in [1.82, 2.24) is 4.98 Å². The van der Waals surface area contributed by atoms with Crippen molar-refractivity contribution in [2.75, 3.05) is 11.9 Å². The highest BCUT2D eigenvalue weighted by Gasteiger charge is 2.17. The molecule has 0 aliphatic rings. The lowest BCUT2D eigenvalue weighted by Crippen LogP contribution is -2.13. The van der Waals surface area contributed by atoms with Crippen molar-refractivity contribution in [2.45, 2.75) is 25.7 Å². The lowest BCUT2D eigenvalue weighted by atomic mass is 9.94. The number of oxazole rings is 1. The van der Waals surface area contributed by atoms with Gasteiger partial charge in [-0.05, 0) is 36.2 Å². The second-order valence-electron chi connectivity index (χ2n) is 6.09. The van der Waals surface area contributed by atoms with Gasteiger partial charge in [0.2, 0.25) is 17.5 Å². The first-order chi connectivity index (χ1) is 12.7. The van der Waals surface area contributed by atoms with Crippen LogP contribution in [-0.4, -0.2) is 11.5 Å². The molecule has 0 amide bonds. The first kappa shape index (κ1) is 17.7. The topological polar surface area (TPSA) is 61.9 Å². The van der Waals surface area contributed by atoms with Gasteiger partial charge in [0.15, 0.2) is 0 Å². The minimum Gasteiger partial charge on any atom is -0.419 e. The predicted octanol–water partition coefficient (Wildman–Crippen LogP) is 5.35. The van der Waals surface area contributed by atoms with Crippen LogP contribution < -0.4 is 5.32 Å². The Morgan fingerprint density at radius 1 is 1.15 bits per heavy atom. The maximum absolute atomic E-state index is 13.2. The SMILES string of the molecule is CCCC(CNc1oc(-c2ccccc2)nc1C#N)c1ccc(F)cc1. The van der Waals surface area contributed by atoms with Crippen LogP contribution in [0.2, 0.25) is 0 Å². The summed E-state index contributed by atoms with van der Waals surface area (Å²) in [5.41, 5.74) is 2.11. The maximum atomic E-state index is 13.2. The summed E-state index contributed by atoms with van der Waals surface area (Å²) in [5, 5.41) is 12.5. The highest BCUT2D eigenvalue weighted by atomic mass is 19.1. The number of halogens is 1. The summed E-state index contributed by atoms with van der Waals surface area (Å²) in [6.45, 7) is 2.69. The van der Waals surface area contributed by atoms with Crippen molar-refractivity contribution in [3.05, 3.63) is 71.7 Å². The molecule has 0 fully saturated rings. The molecule has 0 saturated carbocycles. The Labute approximate surface area is 152 Å². The number of nitriles is 1. The predicted molar refractivity (Wildman–Crippen MR) is 99.2 cm³/mol. The fourth-order valence-electron chi connectivity index (χ4n) is 2.91. The van der Waals surface area contributed by atoms with Crippen LogP contribution in [0.5, 0.6) is 0 Å². The first-order valence-electron chi connectivity index (χ1n) is 8.67. The molecule has 1 N–H and O–H groups in total. The highest BCUT2D eigenvalue weighted by Crippen LogP contribution is 2.27. The van der Waals surface area contributed by atoms with E-state index in [1.165, 1.54) is 12.1 Å². The van der Waals surface area contributed by atoms with E-state index < -0.39 is 0 Å². The number of hydrogen-bond acceptors (Lipinski definition) is 4. The lowest BCUT2D eigenvalue weighted by Gasteiger charge is -2.17. The molecule has 0 saturated heterocycles. The van der Waals surface area contributed by atoms with Crippen molar-refractivity contribution in [3.63, 3.8) is 0 Å². The molecule has 4 nitrogen and oxygen atoms in total. The molecular weight excluding hydrogens is 329 g/mol. The van der Waals surface area contributed by atoms with Crippen LogP contribution in [0.4, 0.5) is 10.3 Å².